The summed E-state index contributed by atoms with van der Waals surface area (Å²) in [5.74, 6) is 0.984. The molecule has 0 bridgehead atoms. The van der Waals surface area contributed by atoms with Crippen LogP contribution in [0.4, 0.5) is 0 Å². The second-order valence-corrected chi connectivity index (χ2v) is 7.36. The molecule has 2 nitrogen and oxygen atoms in total. The van der Waals surface area contributed by atoms with E-state index in [1.165, 1.54) is 42.6 Å². The fourth-order valence-electron chi connectivity index (χ4n) is 2.99. The van der Waals surface area contributed by atoms with E-state index in [0.717, 1.165) is 30.9 Å². The van der Waals surface area contributed by atoms with Crippen LogP contribution in [-0.4, -0.2) is 25.5 Å². The summed E-state index contributed by atoms with van der Waals surface area (Å²) < 4.78 is 5.06. The highest BCUT2D eigenvalue weighted by molar-refractivity contribution is 8.00. The van der Waals surface area contributed by atoms with Crippen molar-refractivity contribution in [3.63, 3.8) is 0 Å². The highest BCUT2D eigenvalue weighted by Gasteiger charge is 2.20. The second kappa shape index (κ2) is 9.50. The van der Waals surface area contributed by atoms with E-state index < -0.39 is 0 Å². The Morgan fingerprint density at radius 3 is 2.76 bits per heavy atom. The van der Waals surface area contributed by atoms with Gasteiger partial charge in [0.05, 0.1) is 6.61 Å². The van der Waals surface area contributed by atoms with Crippen LogP contribution in [0.3, 0.4) is 0 Å². The van der Waals surface area contributed by atoms with Crippen LogP contribution in [0.2, 0.25) is 0 Å². The SMILES string of the molecule is CCC1CCC(Sc2cccc(CNCCOC)c2)CC1. The molecule has 0 aliphatic heterocycles. The molecule has 0 unspecified atom stereocenters. The molecule has 2 rings (SSSR count). The number of rotatable bonds is 8. The van der Waals surface area contributed by atoms with Crippen LogP contribution in [0.5, 0.6) is 0 Å². The third kappa shape index (κ3) is 6.01. The van der Waals surface area contributed by atoms with Crippen molar-refractivity contribution in [1.82, 2.24) is 5.32 Å². The Hall–Kier alpha value is -0.510. The summed E-state index contributed by atoms with van der Waals surface area (Å²) in [6.07, 6.45) is 6.98. The zero-order chi connectivity index (χ0) is 14.9. The molecule has 21 heavy (non-hydrogen) atoms. The quantitative estimate of drug-likeness (QED) is 0.715. The molecule has 1 N–H and O–H groups in total. The zero-order valence-electron chi connectivity index (χ0n) is 13.4. The fourth-order valence-corrected chi connectivity index (χ4v) is 4.26. The van der Waals surface area contributed by atoms with Crippen LogP contribution >= 0.6 is 11.8 Å². The molecule has 1 aliphatic rings. The third-order valence-electron chi connectivity index (χ3n) is 4.38. The topological polar surface area (TPSA) is 21.3 Å². The molecule has 1 aromatic carbocycles. The van der Waals surface area contributed by atoms with E-state index >= 15 is 0 Å². The summed E-state index contributed by atoms with van der Waals surface area (Å²) in [6, 6.07) is 9.00. The maximum Gasteiger partial charge on any atom is 0.0587 e. The maximum atomic E-state index is 5.06. The predicted molar refractivity (Wildman–Crippen MR) is 91.9 cm³/mol. The molecule has 3 heteroatoms. The summed E-state index contributed by atoms with van der Waals surface area (Å²) in [7, 11) is 1.74. The minimum absolute atomic E-state index is 0.773. The van der Waals surface area contributed by atoms with Gasteiger partial charge in [-0.25, -0.2) is 0 Å². The lowest BCUT2D eigenvalue weighted by molar-refractivity contribution is 0.199. The summed E-state index contributed by atoms with van der Waals surface area (Å²) in [5, 5.41) is 4.24. The molecule has 1 fully saturated rings. The minimum atomic E-state index is 0.773. The lowest BCUT2D eigenvalue weighted by Gasteiger charge is -2.27. The van der Waals surface area contributed by atoms with Crippen molar-refractivity contribution < 1.29 is 4.74 Å². The Bertz CT molecular complexity index is 402. The van der Waals surface area contributed by atoms with Crippen molar-refractivity contribution in [3.8, 4) is 0 Å². The first kappa shape index (κ1) is 16.9. The van der Waals surface area contributed by atoms with Gasteiger partial charge in [-0.2, -0.15) is 0 Å². The van der Waals surface area contributed by atoms with E-state index in [1.807, 2.05) is 0 Å². The predicted octanol–water partition coefficient (Wildman–Crippen LogP) is 4.48. The average molecular weight is 308 g/mol. The number of ether oxygens (including phenoxy) is 1. The van der Waals surface area contributed by atoms with Crippen molar-refractivity contribution in [1.29, 1.82) is 0 Å². The molecular formula is C18H29NOS. The van der Waals surface area contributed by atoms with Gasteiger partial charge in [0.15, 0.2) is 0 Å². The van der Waals surface area contributed by atoms with E-state index in [4.69, 9.17) is 4.74 Å². The molecular weight excluding hydrogens is 278 g/mol. The van der Waals surface area contributed by atoms with Gasteiger partial charge in [0.2, 0.25) is 0 Å². The van der Waals surface area contributed by atoms with Gasteiger partial charge in [0.1, 0.15) is 0 Å². The summed E-state index contributed by atoms with van der Waals surface area (Å²) >= 11 is 2.08. The van der Waals surface area contributed by atoms with Gasteiger partial charge >= 0.3 is 0 Å². The van der Waals surface area contributed by atoms with Gasteiger partial charge in [0, 0.05) is 30.3 Å². The van der Waals surface area contributed by atoms with Crippen LogP contribution in [0, 0.1) is 5.92 Å². The van der Waals surface area contributed by atoms with E-state index in [2.05, 4.69) is 48.3 Å². The molecule has 0 aromatic heterocycles. The first-order valence-electron chi connectivity index (χ1n) is 8.27. The molecule has 0 radical (unpaired) electrons. The zero-order valence-corrected chi connectivity index (χ0v) is 14.3. The Morgan fingerprint density at radius 2 is 2.05 bits per heavy atom. The fraction of sp³-hybridized carbons (Fsp3) is 0.667. The van der Waals surface area contributed by atoms with Gasteiger partial charge in [-0.15, -0.1) is 11.8 Å². The van der Waals surface area contributed by atoms with Crippen molar-refractivity contribution in [2.75, 3.05) is 20.3 Å². The maximum absolute atomic E-state index is 5.06. The molecule has 118 valence electrons. The van der Waals surface area contributed by atoms with Gasteiger partial charge < -0.3 is 10.1 Å². The molecule has 0 spiro atoms. The smallest absolute Gasteiger partial charge is 0.0587 e. The Kier molecular flexibility index (Phi) is 7.62. The second-order valence-electron chi connectivity index (χ2n) is 5.99. The van der Waals surface area contributed by atoms with Gasteiger partial charge in [-0.1, -0.05) is 25.5 Å². The Labute approximate surface area is 134 Å². The van der Waals surface area contributed by atoms with Crippen LogP contribution in [0.15, 0.2) is 29.2 Å². The minimum Gasteiger partial charge on any atom is -0.383 e. The molecule has 1 saturated carbocycles. The van der Waals surface area contributed by atoms with E-state index in [-0.39, 0.29) is 0 Å². The molecule has 1 aromatic rings. The van der Waals surface area contributed by atoms with Crippen LogP contribution in [0.25, 0.3) is 0 Å². The highest BCUT2D eigenvalue weighted by atomic mass is 32.2. The van der Waals surface area contributed by atoms with E-state index in [9.17, 15) is 0 Å². The molecule has 1 aliphatic carbocycles. The summed E-state index contributed by atoms with van der Waals surface area (Å²) in [6.45, 7) is 4.95. The highest BCUT2D eigenvalue weighted by Crippen LogP contribution is 2.37. The Morgan fingerprint density at radius 1 is 1.24 bits per heavy atom. The molecule has 0 atom stereocenters. The van der Waals surface area contributed by atoms with Crippen LogP contribution < -0.4 is 5.32 Å². The Balaban J connectivity index is 1.78. The van der Waals surface area contributed by atoms with E-state index in [1.54, 1.807) is 7.11 Å². The molecule has 0 saturated heterocycles. The van der Waals surface area contributed by atoms with Crippen LogP contribution in [0.1, 0.15) is 44.6 Å². The van der Waals surface area contributed by atoms with E-state index in [0.29, 0.717) is 0 Å². The normalized spacial score (nSPS) is 22.4. The summed E-state index contributed by atoms with van der Waals surface area (Å²) in [4.78, 5) is 1.43. The third-order valence-corrected chi connectivity index (χ3v) is 5.72. The number of nitrogens with one attached hydrogen (secondary N) is 1. The number of thioether (sulfide) groups is 1. The van der Waals surface area contributed by atoms with Crippen molar-refractivity contribution >= 4 is 11.8 Å². The number of methoxy groups -OCH3 is 1. The monoisotopic (exact) mass is 307 g/mol. The first-order valence-corrected chi connectivity index (χ1v) is 9.15. The largest absolute Gasteiger partial charge is 0.383 e. The lowest BCUT2D eigenvalue weighted by Crippen LogP contribution is -2.18. The standard InChI is InChI=1S/C18H29NOS/c1-3-15-7-9-17(10-8-15)21-18-6-4-5-16(13-18)14-19-11-12-20-2/h4-6,13,15,17,19H,3,7-12,14H2,1-2H3. The number of hydrogen-bond acceptors (Lipinski definition) is 3. The lowest BCUT2D eigenvalue weighted by atomic mass is 9.87. The number of hydrogen-bond donors (Lipinski definition) is 1. The van der Waals surface area contributed by atoms with Crippen molar-refractivity contribution in [2.45, 2.75) is 55.7 Å². The molecule has 0 heterocycles. The summed E-state index contributed by atoms with van der Waals surface area (Å²) in [5.41, 5.74) is 1.37. The number of benzene rings is 1. The van der Waals surface area contributed by atoms with Crippen LogP contribution in [-0.2, 0) is 11.3 Å². The average Bonchev–Trinajstić information content (AvgIpc) is 2.53. The van der Waals surface area contributed by atoms with Gasteiger partial charge in [-0.3, -0.25) is 0 Å². The van der Waals surface area contributed by atoms with Crippen molar-refractivity contribution in [2.24, 2.45) is 5.92 Å². The van der Waals surface area contributed by atoms with Crippen molar-refractivity contribution in [3.05, 3.63) is 29.8 Å². The molecule has 0 amide bonds. The van der Waals surface area contributed by atoms with Gasteiger partial charge in [-0.05, 0) is 49.3 Å². The first-order chi connectivity index (χ1) is 10.3. The van der Waals surface area contributed by atoms with Gasteiger partial charge in [0.25, 0.3) is 0 Å².